The van der Waals surface area contributed by atoms with Gasteiger partial charge in [0.1, 0.15) is 17.0 Å². The largest absolute Gasteiger partial charge is 0.456 e. The third-order valence-electron chi connectivity index (χ3n) is 10.8. The standard InChI is InChI=1S/C47H30N2O/c1-2-11-30-26-31(20-19-29(30)10-1)45-37-13-3-5-15-39(37)46(40-16-6-4-14-38(40)45)32-21-23-35-36-24-22-33(28-44(36)50-43(35)27-32)49-42-18-8-7-12-34(42)41-17-9-25-48-47(41)49/h1-17,19-28,42H,18H2. The van der Waals surface area contributed by atoms with Gasteiger partial charge in [-0.2, -0.15) is 0 Å². The Kier molecular flexibility index (Phi) is 5.79. The maximum atomic E-state index is 6.72. The topological polar surface area (TPSA) is 29.3 Å². The van der Waals surface area contributed by atoms with Crippen molar-refractivity contribution in [2.24, 2.45) is 0 Å². The summed E-state index contributed by atoms with van der Waals surface area (Å²) in [5.41, 5.74) is 10.3. The highest BCUT2D eigenvalue weighted by atomic mass is 16.3. The van der Waals surface area contributed by atoms with Crippen LogP contribution in [0.5, 0.6) is 0 Å². The first-order valence-electron chi connectivity index (χ1n) is 17.3. The number of allylic oxidation sites excluding steroid dienone is 2. The van der Waals surface area contributed by atoms with Gasteiger partial charge < -0.3 is 9.32 Å². The number of pyridine rings is 1. The molecule has 11 rings (SSSR count). The van der Waals surface area contributed by atoms with Crippen LogP contribution in [0.3, 0.4) is 0 Å². The summed E-state index contributed by atoms with van der Waals surface area (Å²) in [5, 5.41) is 9.71. The second-order valence-corrected chi connectivity index (χ2v) is 13.4. The molecule has 3 heteroatoms. The van der Waals surface area contributed by atoms with E-state index in [1.165, 1.54) is 60.1 Å². The van der Waals surface area contributed by atoms with E-state index in [0.29, 0.717) is 0 Å². The van der Waals surface area contributed by atoms with Crippen LogP contribution in [-0.4, -0.2) is 11.0 Å². The maximum absolute atomic E-state index is 6.72. The molecule has 50 heavy (non-hydrogen) atoms. The van der Waals surface area contributed by atoms with E-state index in [0.717, 1.165) is 45.4 Å². The van der Waals surface area contributed by atoms with E-state index < -0.39 is 0 Å². The Labute approximate surface area is 289 Å². The quantitative estimate of drug-likeness (QED) is 0.180. The van der Waals surface area contributed by atoms with Gasteiger partial charge in [0, 0.05) is 34.3 Å². The van der Waals surface area contributed by atoms with E-state index in [1.54, 1.807) is 0 Å². The number of benzene rings is 7. The molecule has 0 saturated heterocycles. The molecule has 0 amide bonds. The summed E-state index contributed by atoms with van der Waals surface area (Å²) in [7, 11) is 0. The lowest BCUT2D eigenvalue weighted by Gasteiger charge is -2.27. The molecule has 7 aromatic carbocycles. The van der Waals surface area contributed by atoms with Gasteiger partial charge in [0.05, 0.1) is 6.04 Å². The second-order valence-electron chi connectivity index (χ2n) is 13.4. The van der Waals surface area contributed by atoms with Gasteiger partial charge in [-0.15, -0.1) is 0 Å². The van der Waals surface area contributed by atoms with Crippen molar-refractivity contribution in [3.05, 3.63) is 170 Å². The SMILES string of the molecule is C1=CCC2C(=C1)c1cccnc1N2c1ccc2c(c1)oc1cc(-c3c4ccccc4c(-c4ccc5ccccc5c4)c4ccccc34)ccc12. The van der Waals surface area contributed by atoms with Gasteiger partial charge in [-0.25, -0.2) is 4.98 Å². The number of nitrogens with zero attached hydrogens (tertiary/aromatic N) is 2. The summed E-state index contributed by atoms with van der Waals surface area (Å²) < 4.78 is 6.72. The summed E-state index contributed by atoms with van der Waals surface area (Å²) >= 11 is 0. The minimum Gasteiger partial charge on any atom is -0.456 e. The number of hydrogen-bond acceptors (Lipinski definition) is 3. The number of aromatic nitrogens is 1. The zero-order valence-corrected chi connectivity index (χ0v) is 27.2. The Morgan fingerprint density at radius 2 is 1.20 bits per heavy atom. The molecule has 1 atom stereocenters. The van der Waals surface area contributed by atoms with Crippen LogP contribution in [0.15, 0.2) is 168 Å². The molecule has 1 aliphatic heterocycles. The molecule has 2 aromatic heterocycles. The first-order chi connectivity index (χ1) is 24.8. The monoisotopic (exact) mass is 638 g/mol. The lowest BCUT2D eigenvalue weighted by atomic mass is 9.85. The van der Waals surface area contributed by atoms with Gasteiger partial charge in [0.2, 0.25) is 0 Å². The van der Waals surface area contributed by atoms with Crippen molar-refractivity contribution < 1.29 is 4.42 Å². The molecular formula is C47H30N2O. The van der Waals surface area contributed by atoms with Crippen LogP contribution in [0.1, 0.15) is 12.0 Å². The lowest BCUT2D eigenvalue weighted by molar-refractivity contribution is 0.668. The van der Waals surface area contributed by atoms with Crippen molar-refractivity contribution in [3.8, 4) is 22.3 Å². The highest BCUT2D eigenvalue weighted by Gasteiger charge is 2.36. The number of anilines is 2. The van der Waals surface area contributed by atoms with Crippen LogP contribution < -0.4 is 4.90 Å². The molecule has 0 saturated carbocycles. The van der Waals surface area contributed by atoms with Crippen molar-refractivity contribution in [3.63, 3.8) is 0 Å². The van der Waals surface area contributed by atoms with Crippen molar-refractivity contribution in [2.75, 3.05) is 4.90 Å². The average molecular weight is 639 g/mol. The fourth-order valence-electron chi connectivity index (χ4n) is 8.56. The van der Waals surface area contributed by atoms with E-state index in [2.05, 4.69) is 157 Å². The summed E-state index contributed by atoms with van der Waals surface area (Å²) in [4.78, 5) is 7.20. The maximum Gasteiger partial charge on any atom is 0.141 e. The fraction of sp³-hybridized carbons (Fsp3) is 0.0426. The smallest absolute Gasteiger partial charge is 0.141 e. The Morgan fingerprint density at radius 1 is 0.560 bits per heavy atom. The Balaban J connectivity index is 1.08. The van der Waals surface area contributed by atoms with Gasteiger partial charge in [-0.05, 0) is 109 Å². The predicted octanol–water partition coefficient (Wildman–Crippen LogP) is 12.6. The van der Waals surface area contributed by atoms with E-state index >= 15 is 0 Å². The zero-order valence-electron chi connectivity index (χ0n) is 27.2. The predicted molar refractivity (Wildman–Crippen MR) is 209 cm³/mol. The minimum absolute atomic E-state index is 0.234. The van der Waals surface area contributed by atoms with Gasteiger partial charge in [-0.3, -0.25) is 0 Å². The molecule has 234 valence electrons. The van der Waals surface area contributed by atoms with Crippen LogP contribution in [0, 0.1) is 0 Å². The highest BCUT2D eigenvalue weighted by molar-refractivity contribution is 6.22. The minimum atomic E-state index is 0.234. The first kappa shape index (κ1) is 27.5. The van der Waals surface area contributed by atoms with Crippen LogP contribution in [0.4, 0.5) is 11.5 Å². The third-order valence-corrected chi connectivity index (χ3v) is 10.8. The van der Waals surface area contributed by atoms with E-state index in [1.807, 2.05) is 12.3 Å². The van der Waals surface area contributed by atoms with Crippen LogP contribution in [-0.2, 0) is 0 Å². The molecule has 0 fully saturated rings. The van der Waals surface area contributed by atoms with E-state index in [4.69, 9.17) is 9.40 Å². The summed E-state index contributed by atoms with van der Waals surface area (Å²) in [5.74, 6) is 1.01. The molecule has 0 radical (unpaired) electrons. The Bertz CT molecular complexity index is 2870. The van der Waals surface area contributed by atoms with Gasteiger partial charge >= 0.3 is 0 Å². The summed E-state index contributed by atoms with van der Waals surface area (Å²) in [6.07, 6.45) is 9.48. The van der Waals surface area contributed by atoms with Crippen LogP contribution in [0.2, 0.25) is 0 Å². The van der Waals surface area contributed by atoms with E-state index in [-0.39, 0.29) is 6.04 Å². The van der Waals surface area contributed by atoms with Gasteiger partial charge in [-0.1, -0.05) is 109 Å². The molecule has 2 aliphatic rings. The second kappa shape index (κ2) is 10.5. The van der Waals surface area contributed by atoms with Crippen molar-refractivity contribution in [1.29, 1.82) is 0 Å². The lowest BCUT2D eigenvalue weighted by Crippen LogP contribution is -2.27. The van der Waals surface area contributed by atoms with E-state index in [9.17, 15) is 0 Å². The van der Waals surface area contributed by atoms with Crippen molar-refractivity contribution in [2.45, 2.75) is 12.5 Å². The van der Waals surface area contributed by atoms with Crippen LogP contribution in [0.25, 0.3) is 82.1 Å². The van der Waals surface area contributed by atoms with Crippen LogP contribution >= 0.6 is 0 Å². The molecule has 9 aromatic rings. The molecule has 0 spiro atoms. The van der Waals surface area contributed by atoms with Gasteiger partial charge in [0.25, 0.3) is 0 Å². The zero-order chi connectivity index (χ0) is 32.8. The summed E-state index contributed by atoms with van der Waals surface area (Å²) in [6.45, 7) is 0. The van der Waals surface area contributed by atoms with Crippen molar-refractivity contribution >= 4 is 71.3 Å². The molecule has 1 aliphatic carbocycles. The van der Waals surface area contributed by atoms with Gasteiger partial charge in [0.15, 0.2) is 0 Å². The third kappa shape index (κ3) is 3.95. The number of hydrogen-bond donors (Lipinski definition) is 0. The average Bonchev–Trinajstić information content (AvgIpc) is 3.71. The Morgan fingerprint density at radius 3 is 1.96 bits per heavy atom. The summed E-state index contributed by atoms with van der Waals surface area (Å²) in [6, 6.07) is 50.9. The first-order valence-corrected chi connectivity index (χ1v) is 17.3. The molecular weight excluding hydrogens is 609 g/mol. The Hall–Kier alpha value is -6.45. The molecule has 3 nitrogen and oxygen atoms in total. The number of rotatable bonds is 3. The number of fused-ring (bicyclic) bond motifs is 9. The molecule has 3 heterocycles. The fourth-order valence-corrected chi connectivity index (χ4v) is 8.56. The number of furan rings is 1. The molecule has 0 bridgehead atoms. The normalized spacial score (nSPS) is 15.3. The molecule has 1 unspecified atom stereocenters. The molecule has 0 N–H and O–H groups in total. The van der Waals surface area contributed by atoms with Crippen molar-refractivity contribution in [1.82, 2.24) is 4.98 Å². The highest BCUT2D eigenvalue weighted by Crippen LogP contribution is 2.48.